The van der Waals surface area contributed by atoms with Gasteiger partial charge in [0.2, 0.25) is 5.91 Å². The van der Waals surface area contributed by atoms with Crippen LogP contribution >= 0.6 is 0 Å². The van der Waals surface area contributed by atoms with Crippen molar-refractivity contribution >= 4 is 57.1 Å². The summed E-state index contributed by atoms with van der Waals surface area (Å²) in [7, 11) is 4.01. The molecule has 0 aromatic carbocycles. The Morgan fingerprint density at radius 3 is 2.31 bits per heavy atom. The van der Waals surface area contributed by atoms with Crippen molar-refractivity contribution in [2.45, 2.75) is 85.0 Å². The molecule has 0 saturated heterocycles. The van der Waals surface area contributed by atoms with Gasteiger partial charge in [-0.15, -0.1) is 0 Å². The monoisotopic (exact) mass is 694 g/mol. The molecular formula is C40H50N6O5. The van der Waals surface area contributed by atoms with Crippen LogP contribution in [0.15, 0.2) is 24.8 Å². The van der Waals surface area contributed by atoms with Gasteiger partial charge < -0.3 is 30.4 Å². The van der Waals surface area contributed by atoms with Crippen LogP contribution in [0.5, 0.6) is 0 Å². The molecule has 5 N–H and O–H groups in total. The largest absolute Gasteiger partial charge is 0.481 e. The van der Waals surface area contributed by atoms with E-state index in [4.69, 9.17) is 9.97 Å². The van der Waals surface area contributed by atoms with Gasteiger partial charge in [-0.05, 0) is 108 Å². The number of nitrogens with one attached hydrogen (secondary N) is 3. The zero-order chi connectivity index (χ0) is 37.1. The van der Waals surface area contributed by atoms with Gasteiger partial charge in [-0.1, -0.05) is 26.5 Å². The number of hydrogen-bond acceptors (Lipinski definition) is 6. The average Bonchev–Trinajstić information content (AvgIpc) is 3.75. The second-order valence-corrected chi connectivity index (χ2v) is 14.0. The van der Waals surface area contributed by atoms with Crippen LogP contribution in [0.4, 0.5) is 0 Å². The van der Waals surface area contributed by atoms with E-state index >= 15 is 0 Å². The number of fused-ring (bicyclic) bond motifs is 8. The summed E-state index contributed by atoms with van der Waals surface area (Å²) in [6, 6.07) is 5.93. The summed E-state index contributed by atoms with van der Waals surface area (Å²) in [5.41, 5.74) is 10.3. The van der Waals surface area contributed by atoms with Crippen molar-refractivity contribution in [3.8, 4) is 0 Å². The highest BCUT2D eigenvalue weighted by Gasteiger charge is 2.35. The SMILES string of the molecule is C=Cc1c(C)c2cc3nc(c(CC(=O)NCCCCN(C)C)c4nc(cc5[nH]c(cc1[nH]2)c(C)c5CC)C(C)=C4C(=O)O)C(CCC(=O)O)C3C. The van der Waals surface area contributed by atoms with Gasteiger partial charge in [0, 0.05) is 63.7 Å². The molecule has 0 aliphatic carbocycles. The molecule has 2 atom stereocenters. The molecule has 0 saturated carbocycles. The highest BCUT2D eigenvalue weighted by molar-refractivity contribution is 6.24. The van der Waals surface area contributed by atoms with Gasteiger partial charge in [0.25, 0.3) is 0 Å². The minimum Gasteiger partial charge on any atom is -0.481 e. The molecule has 11 heteroatoms. The first-order chi connectivity index (χ1) is 24.2. The molecule has 0 fully saturated rings. The smallest absolute Gasteiger partial charge is 0.338 e. The predicted octanol–water partition coefficient (Wildman–Crippen LogP) is 6.90. The summed E-state index contributed by atoms with van der Waals surface area (Å²) < 4.78 is 0. The van der Waals surface area contributed by atoms with E-state index in [1.54, 1.807) is 6.92 Å². The predicted molar refractivity (Wildman–Crippen MR) is 203 cm³/mol. The number of carbonyl (C=O) groups is 3. The van der Waals surface area contributed by atoms with Crippen molar-refractivity contribution in [3.63, 3.8) is 0 Å². The van der Waals surface area contributed by atoms with E-state index in [1.165, 1.54) is 0 Å². The molecule has 1 amide bonds. The molecule has 0 radical (unpaired) electrons. The molecular weight excluding hydrogens is 644 g/mol. The minimum atomic E-state index is -1.16. The zero-order valence-electron chi connectivity index (χ0n) is 30.8. The number of H-pyrrole nitrogens is 2. The van der Waals surface area contributed by atoms with Crippen LogP contribution in [0, 0.1) is 13.8 Å². The minimum absolute atomic E-state index is 0.0114. The third kappa shape index (κ3) is 7.68. The molecule has 2 unspecified atom stereocenters. The van der Waals surface area contributed by atoms with Gasteiger partial charge in [-0.2, -0.15) is 0 Å². The molecule has 5 rings (SSSR count). The number of unbranched alkanes of at least 4 members (excludes halogenated alkanes) is 1. The molecule has 11 nitrogen and oxygen atoms in total. The summed E-state index contributed by atoms with van der Waals surface area (Å²) >= 11 is 0. The Morgan fingerprint density at radius 1 is 0.961 bits per heavy atom. The first kappa shape index (κ1) is 37.2. The van der Waals surface area contributed by atoms with Crippen LogP contribution in [0.2, 0.25) is 0 Å². The summed E-state index contributed by atoms with van der Waals surface area (Å²) in [5, 5.41) is 23.4. The Balaban J connectivity index is 1.88. The Labute approximate surface area is 298 Å². The second-order valence-electron chi connectivity index (χ2n) is 14.0. The number of allylic oxidation sites excluding steroid dienone is 1. The number of carbonyl (C=O) groups excluding carboxylic acids is 1. The molecule has 3 aromatic rings. The Kier molecular flexibility index (Phi) is 11.3. The maximum atomic E-state index is 13.7. The molecule has 0 spiro atoms. The second kappa shape index (κ2) is 15.5. The van der Waals surface area contributed by atoms with Gasteiger partial charge in [-0.25, -0.2) is 9.78 Å². The fourth-order valence-electron chi connectivity index (χ4n) is 7.38. The molecule has 5 heterocycles. The van der Waals surface area contributed by atoms with E-state index in [9.17, 15) is 24.6 Å². The lowest BCUT2D eigenvalue weighted by Gasteiger charge is -2.18. The topological polar surface area (TPSA) is 164 Å². The number of aromatic amines is 2. The van der Waals surface area contributed by atoms with Crippen LogP contribution in [0.1, 0.15) is 109 Å². The van der Waals surface area contributed by atoms with Crippen molar-refractivity contribution in [1.29, 1.82) is 0 Å². The van der Waals surface area contributed by atoms with Gasteiger partial charge in [0.05, 0.1) is 29.1 Å². The van der Waals surface area contributed by atoms with Crippen LogP contribution < -0.4 is 5.32 Å². The number of carboxylic acid groups (broad SMARTS) is 2. The van der Waals surface area contributed by atoms with Crippen LogP contribution in [0.3, 0.4) is 0 Å². The summed E-state index contributed by atoms with van der Waals surface area (Å²) in [6.07, 6.45) is 4.27. The molecule has 51 heavy (non-hydrogen) atoms. The first-order valence-corrected chi connectivity index (χ1v) is 17.7. The highest BCUT2D eigenvalue weighted by Crippen LogP contribution is 2.43. The number of aromatic nitrogens is 4. The number of aryl methyl sites for hydroxylation is 3. The molecule has 270 valence electrons. The fourth-order valence-corrected chi connectivity index (χ4v) is 7.38. The van der Waals surface area contributed by atoms with Crippen molar-refractivity contribution in [2.24, 2.45) is 0 Å². The molecule has 8 bridgehead atoms. The van der Waals surface area contributed by atoms with E-state index < -0.39 is 17.9 Å². The zero-order valence-corrected chi connectivity index (χ0v) is 30.8. The van der Waals surface area contributed by atoms with Gasteiger partial charge in [0.1, 0.15) is 0 Å². The molecule has 2 aliphatic rings. The summed E-state index contributed by atoms with van der Waals surface area (Å²) in [4.78, 5) is 57.9. The highest BCUT2D eigenvalue weighted by atomic mass is 16.4. The quantitative estimate of drug-likeness (QED) is 0.121. The van der Waals surface area contributed by atoms with Crippen LogP contribution in [0.25, 0.3) is 39.3 Å². The van der Waals surface area contributed by atoms with E-state index in [0.717, 1.165) is 70.1 Å². The van der Waals surface area contributed by atoms with E-state index in [0.29, 0.717) is 34.8 Å². The number of hydrogen-bond donors (Lipinski definition) is 5. The number of amides is 1. The number of nitrogens with zero attached hydrogens (tertiary/aromatic N) is 3. The third-order valence-electron chi connectivity index (χ3n) is 10.3. The lowest BCUT2D eigenvalue weighted by molar-refractivity contribution is -0.137. The molecule has 2 aliphatic heterocycles. The molecule has 3 aromatic heterocycles. The average molecular weight is 695 g/mol. The van der Waals surface area contributed by atoms with E-state index in [1.807, 2.05) is 46.2 Å². The van der Waals surface area contributed by atoms with Gasteiger partial charge >= 0.3 is 11.9 Å². The van der Waals surface area contributed by atoms with Gasteiger partial charge in [-0.3, -0.25) is 14.6 Å². The fraction of sp³-hybridized carbons (Fsp3) is 0.425. The van der Waals surface area contributed by atoms with Crippen molar-refractivity contribution in [2.75, 3.05) is 27.2 Å². The lowest BCUT2D eigenvalue weighted by Crippen LogP contribution is -2.28. The third-order valence-corrected chi connectivity index (χ3v) is 10.3. The maximum absolute atomic E-state index is 13.7. The Bertz CT molecular complexity index is 2090. The van der Waals surface area contributed by atoms with Crippen molar-refractivity contribution < 1.29 is 24.6 Å². The standard InChI is InChI=1S/C40H50N6O5/c1-9-25-21(3)29-18-31-23(5)27(13-14-36(48)49)38(44-31)28(17-35(47)41-15-11-12-16-46(7)8)39-37(40(50)51)24(6)32(45-39)20-34-26(10-2)22(4)30(43-34)19-33(25)42-29/h9,18-20,23,27,42-43H,1,10-17H2,2-8H3,(H,41,47)(H,48,49)(H,50,51). The number of rotatable bonds is 13. The van der Waals surface area contributed by atoms with Crippen LogP contribution in [-0.2, 0) is 27.2 Å². The summed E-state index contributed by atoms with van der Waals surface area (Å²) in [5.74, 6) is -2.99. The van der Waals surface area contributed by atoms with Crippen molar-refractivity contribution in [1.82, 2.24) is 30.2 Å². The van der Waals surface area contributed by atoms with Crippen molar-refractivity contribution in [3.05, 3.63) is 75.4 Å². The normalized spacial score (nSPS) is 15.8. The Morgan fingerprint density at radius 2 is 1.67 bits per heavy atom. The van der Waals surface area contributed by atoms with Gasteiger partial charge in [0.15, 0.2) is 0 Å². The number of aliphatic carboxylic acids is 2. The lowest BCUT2D eigenvalue weighted by atomic mass is 9.84. The maximum Gasteiger partial charge on any atom is 0.338 e. The summed E-state index contributed by atoms with van der Waals surface area (Å²) in [6.45, 7) is 15.4. The number of carboxylic acids is 2. The Hall–Kier alpha value is -5.03. The van der Waals surface area contributed by atoms with Crippen LogP contribution in [-0.4, -0.2) is 80.1 Å². The van der Waals surface area contributed by atoms with E-state index in [-0.39, 0.29) is 42.4 Å². The van der Waals surface area contributed by atoms with E-state index in [2.05, 4.69) is 46.7 Å². The first-order valence-electron chi connectivity index (χ1n) is 17.7.